The number of nitrogens with one attached hydrogen (secondary N) is 1. The maximum atomic E-state index is 9.41. The minimum absolute atomic E-state index is 0.369. The highest BCUT2D eigenvalue weighted by molar-refractivity contribution is 9.10. The number of benzene rings is 2. The second-order valence-electron chi connectivity index (χ2n) is 5.28. The van der Waals surface area contributed by atoms with Crippen molar-refractivity contribution in [2.45, 2.75) is 24.8 Å². The van der Waals surface area contributed by atoms with Gasteiger partial charge in [0.25, 0.3) is 0 Å². The van der Waals surface area contributed by atoms with Crippen LogP contribution in [0.5, 0.6) is 0 Å². The largest absolute Gasteiger partial charge is 0.366 e. The zero-order chi connectivity index (χ0) is 14.8. The third-order valence-corrected chi connectivity index (χ3v) is 4.89. The Morgan fingerprint density at radius 2 is 1.90 bits per heavy atom. The first-order chi connectivity index (χ1) is 10.2. The van der Waals surface area contributed by atoms with E-state index in [0.29, 0.717) is 5.02 Å². The van der Waals surface area contributed by atoms with E-state index in [4.69, 9.17) is 11.6 Å². The summed E-state index contributed by atoms with van der Waals surface area (Å²) in [6, 6.07) is 15.8. The van der Waals surface area contributed by atoms with Crippen LogP contribution in [0.2, 0.25) is 5.02 Å². The number of rotatable bonds is 4. The monoisotopic (exact) mass is 360 g/mol. The summed E-state index contributed by atoms with van der Waals surface area (Å²) >= 11 is 9.37. The van der Waals surface area contributed by atoms with Crippen LogP contribution in [0.4, 0.5) is 5.69 Å². The van der Waals surface area contributed by atoms with Crippen LogP contribution < -0.4 is 5.32 Å². The zero-order valence-corrected chi connectivity index (χ0v) is 13.7. The molecule has 2 nitrogen and oxygen atoms in total. The van der Waals surface area contributed by atoms with Crippen LogP contribution in [0.25, 0.3) is 0 Å². The normalized spacial score (nSPS) is 15.3. The van der Waals surface area contributed by atoms with Crippen molar-refractivity contribution in [3.8, 4) is 6.07 Å². The summed E-state index contributed by atoms with van der Waals surface area (Å²) in [5, 5.41) is 13.3. The molecule has 0 aliphatic heterocycles. The first-order valence-corrected chi connectivity index (χ1v) is 8.05. The highest BCUT2D eigenvalue weighted by Crippen LogP contribution is 2.40. The number of halogens is 2. The first kappa shape index (κ1) is 14.4. The molecule has 1 saturated carbocycles. The third-order valence-electron chi connectivity index (χ3n) is 3.68. The van der Waals surface area contributed by atoms with Gasteiger partial charge in [-0.25, -0.2) is 0 Å². The van der Waals surface area contributed by atoms with Crippen LogP contribution in [0.15, 0.2) is 46.9 Å². The molecule has 0 amide bonds. The molecular weight excluding hydrogens is 348 g/mol. The summed E-state index contributed by atoms with van der Waals surface area (Å²) in [5.74, 6) is 0.736. The minimum Gasteiger partial charge on any atom is -0.366 e. The minimum atomic E-state index is -0.369. The van der Waals surface area contributed by atoms with Crippen LogP contribution in [-0.2, 0) is 0 Å². The fourth-order valence-corrected chi connectivity index (χ4v) is 2.82. The quantitative estimate of drug-likeness (QED) is 0.763. The Bertz CT molecular complexity index is 687. The van der Waals surface area contributed by atoms with Crippen LogP contribution >= 0.6 is 27.5 Å². The van der Waals surface area contributed by atoms with Gasteiger partial charge in [0.1, 0.15) is 6.04 Å². The van der Waals surface area contributed by atoms with Gasteiger partial charge in [0.15, 0.2) is 0 Å². The van der Waals surface area contributed by atoms with Crippen molar-refractivity contribution in [2.75, 3.05) is 5.32 Å². The van der Waals surface area contributed by atoms with E-state index in [1.165, 1.54) is 18.4 Å². The molecular formula is C17H14BrClN2. The van der Waals surface area contributed by atoms with E-state index in [1.54, 1.807) is 6.07 Å². The molecule has 1 N–H and O–H groups in total. The van der Waals surface area contributed by atoms with E-state index >= 15 is 0 Å². The van der Waals surface area contributed by atoms with E-state index < -0.39 is 0 Å². The Morgan fingerprint density at radius 1 is 1.19 bits per heavy atom. The molecule has 1 aliphatic carbocycles. The standard InChI is InChI=1S/C17H14BrClN2/c18-15-9-14(7-8-16(15)19)21-17(10-20)13-5-3-12(4-6-13)11-1-2-11/h3-9,11,17,21H,1-2H2. The van der Waals surface area contributed by atoms with Crippen LogP contribution in [0.1, 0.15) is 35.9 Å². The molecule has 0 aromatic heterocycles. The number of hydrogen-bond donors (Lipinski definition) is 1. The van der Waals surface area contributed by atoms with Crippen molar-refractivity contribution in [2.24, 2.45) is 0 Å². The van der Waals surface area contributed by atoms with Crippen molar-refractivity contribution in [3.63, 3.8) is 0 Å². The van der Waals surface area contributed by atoms with Gasteiger partial charge in [0.05, 0.1) is 11.1 Å². The van der Waals surface area contributed by atoms with Gasteiger partial charge in [-0.2, -0.15) is 5.26 Å². The molecule has 1 unspecified atom stereocenters. The Hall–Kier alpha value is -1.50. The van der Waals surface area contributed by atoms with Crippen molar-refractivity contribution in [1.82, 2.24) is 0 Å². The molecule has 3 rings (SSSR count). The molecule has 106 valence electrons. The van der Waals surface area contributed by atoms with Crippen molar-refractivity contribution >= 4 is 33.2 Å². The molecule has 0 radical (unpaired) electrons. The second kappa shape index (κ2) is 6.09. The van der Waals surface area contributed by atoms with Gasteiger partial charge in [0, 0.05) is 10.2 Å². The lowest BCUT2D eigenvalue weighted by Gasteiger charge is -2.14. The summed E-state index contributed by atoms with van der Waals surface area (Å²) in [6.45, 7) is 0. The maximum Gasteiger partial charge on any atom is 0.140 e. The molecule has 2 aromatic carbocycles. The predicted molar refractivity (Wildman–Crippen MR) is 89.5 cm³/mol. The van der Waals surface area contributed by atoms with Gasteiger partial charge >= 0.3 is 0 Å². The SMILES string of the molecule is N#CC(Nc1ccc(Cl)c(Br)c1)c1ccc(C2CC2)cc1. The molecule has 0 spiro atoms. The highest BCUT2D eigenvalue weighted by atomic mass is 79.9. The fourth-order valence-electron chi connectivity index (χ4n) is 2.32. The summed E-state index contributed by atoms with van der Waals surface area (Å²) in [5.41, 5.74) is 3.22. The summed E-state index contributed by atoms with van der Waals surface area (Å²) in [6.07, 6.45) is 2.58. The van der Waals surface area contributed by atoms with Gasteiger partial charge < -0.3 is 5.32 Å². The lowest BCUT2D eigenvalue weighted by molar-refractivity contribution is 0.991. The van der Waals surface area contributed by atoms with Crippen LogP contribution in [-0.4, -0.2) is 0 Å². The Labute approximate surface area is 137 Å². The van der Waals surface area contributed by atoms with Gasteiger partial charge in [-0.15, -0.1) is 0 Å². The van der Waals surface area contributed by atoms with Crippen molar-refractivity contribution in [1.29, 1.82) is 5.26 Å². The fraction of sp³-hybridized carbons (Fsp3) is 0.235. The smallest absolute Gasteiger partial charge is 0.140 e. The van der Waals surface area contributed by atoms with Crippen molar-refractivity contribution in [3.05, 3.63) is 63.1 Å². The van der Waals surface area contributed by atoms with Gasteiger partial charge in [-0.1, -0.05) is 35.9 Å². The maximum absolute atomic E-state index is 9.41. The summed E-state index contributed by atoms with van der Waals surface area (Å²) in [7, 11) is 0. The van der Waals surface area contributed by atoms with E-state index in [1.807, 2.05) is 24.3 Å². The van der Waals surface area contributed by atoms with E-state index in [2.05, 4.69) is 39.4 Å². The van der Waals surface area contributed by atoms with Crippen LogP contribution in [0, 0.1) is 11.3 Å². The number of nitriles is 1. The van der Waals surface area contributed by atoms with E-state index in [9.17, 15) is 5.26 Å². The molecule has 21 heavy (non-hydrogen) atoms. The second-order valence-corrected chi connectivity index (χ2v) is 6.54. The lowest BCUT2D eigenvalue weighted by atomic mass is 10.0. The topological polar surface area (TPSA) is 35.8 Å². The zero-order valence-electron chi connectivity index (χ0n) is 11.3. The molecule has 0 bridgehead atoms. The van der Waals surface area contributed by atoms with Gasteiger partial charge in [-0.05, 0) is 64.0 Å². The Kier molecular flexibility index (Phi) is 4.19. The van der Waals surface area contributed by atoms with Crippen molar-refractivity contribution < 1.29 is 0 Å². The van der Waals surface area contributed by atoms with Crippen LogP contribution in [0.3, 0.4) is 0 Å². The molecule has 0 heterocycles. The average molecular weight is 362 g/mol. The number of nitrogens with zero attached hydrogens (tertiary/aromatic N) is 1. The average Bonchev–Trinajstić information content (AvgIpc) is 3.33. The first-order valence-electron chi connectivity index (χ1n) is 6.88. The number of anilines is 1. The summed E-state index contributed by atoms with van der Waals surface area (Å²) < 4.78 is 0.815. The molecule has 4 heteroatoms. The lowest BCUT2D eigenvalue weighted by Crippen LogP contribution is -2.08. The Morgan fingerprint density at radius 3 is 2.48 bits per heavy atom. The number of hydrogen-bond acceptors (Lipinski definition) is 2. The molecule has 0 saturated heterocycles. The Balaban J connectivity index is 1.77. The predicted octanol–water partition coefficient (Wildman–Crippen LogP) is 5.66. The molecule has 2 aromatic rings. The highest BCUT2D eigenvalue weighted by Gasteiger charge is 2.23. The molecule has 1 aliphatic rings. The molecule has 1 fully saturated rings. The third kappa shape index (κ3) is 3.40. The van der Waals surface area contributed by atoms with Gasteiger partial charge in [-0.3, -0.25) is 0 Å². The summed E-state index contributed by atoms with van der Waals surface area (Å²) in [4.78, 5) is 0. The van der Waals surface area contributed by atoms with Gasteiger partial charge in [0.2, 0.25) is 0 Å². The molecule has 1 atom stereocenters. The van der Waals surface area contributed by atoms with E-state index in [0.717, 1.165) is 21.6 Å². The van der Waals surface area contributed by atoms with E-state index in [-0.39, 0.29) is 6.04 Å².